The Morgan fingerprint density at radius 2 is 2.44 bits per heavy atom. The van der Waals surface area contributed by atoms with Gasteiger partial charge in [0.05, 0.1) is 6.20 Å². The highest BCUT2D eigenvalue weighted by molar-refractivity contribution is 7.07. The van der Waals surface area contributed by atoms with E-state index < -0.39 is 5.97 Å². The molecule has 16 heavy (non-hydrogen) atoms. The summed E-state index contributed by atoms with van der Waals surface area (Å²) in [4.78, 5) is 15.0. The topological polar surface area (TPSA) is 55.1 Å². The fourth-order valence-corrected chi connectivity index (χ4v) is 2.30. The van der Waals surface area contributed by atoms with Crippen molar-refractivity contribution in [3.05, 3.63) is 40.1 Å². The van der Waals surface area contributed by atoms with Crippen LogP contribution in [-0.4, -0.2) is 20.6 Å². The molecule has 0 saturated carbocycles. The second-order valence-corrected chi connectivity index (χ2v) is 4.31. The molecule has 0 atom stereocenters. The Bertz CT molecular complexity index is 488. The molecule has 0 aromatic carbocycles. The van der Waals surface area contributed by atoms with Crippen LogP contribution in [0.25, 0.3) is 0 Å². The first-order valence-electron chi connectivity index (χ1n) is 4.95. The van der Waals surface area contributed by atoms with E-state index in [2.05, 4.69) is 16.4 Å². The SMILES string of the molecule is Cc1ncc(C(=O)O)n1CCc1ccsc1. The zero-order valence-corrected chi connectivity index (χ0v) is 9.70. The lowest BCUT2D eigenvalue weighted by atomic mass is 10.2. The van der Waals surface area contributed by atoms with Crippen LogP contribution in [0.3, 0.4) is 0 Å². The highest BCUT2D eigenvalue weighted by Crippen LogP contribution is 2.10. The van der Waals surface area contributed by atoms with Crippen LogP contribution in [0.1, 0.15) is 21.9 Å². The maximum atomic E-state index is 10.9. The van der Waals surface area contributed by atoms with Crippen molar-refractivity contribution >= 4 is 17.3 Å². The number of carboxylic acid groups (broad SMARTS) is 1. The molecule has 0 unspecified atom stereocenters. The van der Waals surface area contributed by atoms with Gasteiger partial charge < -0.3 is 9.67 Å². The molecule has 0 bridgehead atoms. The second kappa shape index (κ2) is 4.49. The molecule has 0 saturated heterocycles. The van der Waals surface area contributed by atoms with Gasteiger partial charge in [-0.05, 0) is 35.7 Å². The van der Waals surface area contributed by atoms with E-state index in [1.54, 1.807) is 15.9 Å². The molecule has 0 amide bonds. The van der Waals surface area contributed by atoms with Crippen molar-refractivity contribution in [2.75, 3.05) is 0 Å². The molecule has 2 rings (SSSR count). The lowest BCUT2D eigenvalue weighted by Gasteiger charge is -2.06. The molecule has 2 heterocycles. The van der Waals surface area contributed by atoms with Crippen molar-refractivity contribution in [3.63, 3.8) is 0 Å². The predicted molar refractivity (Wildman–Crippen MR) is 61.9 cm³/mol. The molecule has 0 aliphatic carbocycles. The van der Waals surface area contributed by atoms with Crippen LogP contribution < -0.4 is 0 Å². The molecule has 2 aromatic rings. The molecular formula is C11H12N2O2S. The Hall–Kier alpha value is -1.62. The van der Waals surface area contributed by atoms with Crippen molar-refractivity contribution < 1.29 is 9.90 Å². The van der Waals surface area contributed by atoms with Gasteiger partial charge >= 0.3 is 5.97 Å². The Balaban J connectivity index is 2.14. The Labute approximate surface area is 97.2 Å². The number of hydrogen-bond acceptors (Lipinski definition) is 3. The summed E-state index contributed by atoms with van der Waals surface area (Å²) >= 11 is 1.65. The summed E-state index contributed by atoms with van der Waals surface area (Å²) in [5, 5.41) is 13.1. The summed E-state index contributed by atoms with van der Waals surface area (Å²) in [5.74, 6) is -0.182. The van der Waals surface area contributed by atoms with Crippen LogP contribution in [-0.2, 0) is 13.0 Å². The van der Waals surface area contributed by atoms with Crippen LogP contribution in [0.4, 0.5) is 0 Å². The zero-order valence-electron chi connectivity index (χ0n) is 8.88. The molecular weight excluding hydrogens is 224 g/mol. The van der Waals surface area contributed by atoms with E-state index in [0.29, 0.717) is 6.54 Å². The molecule has 0 radical (unpaired) electrons. The van der Waals surface area contributed by atoms with Gasteiger partial charge in [-0.2, -0.15) is 11.3 Å². The van der Waals surface area contributed by atoms with Crippen LogP contribution in [0, 0.1) is 6.92 Å². The van der Waals surface area contributed by atoms with E-state index in [9.17, 15) is 4.79 Å². The lowest BCUT2D eigenvalue weighted by Crippen LogP contribution is -2.11. The third kappa shape index (κ3) is 2.14. The standard InChI is InChI=1S/C11H12N2O2S/c1-8-12-6-10(11(14)15)13(8)4-2-9-3-5-16-7-9/h3,5-7H,2,4H2,1H3,(H,14,15). The van der Waals surface area contributed by atoms with Crippen molar-refractivity contribution in [2.45, 2.75) is 19.9 Å². The van der Waals surface area contributed by atoms with E-state index in [0.717, 1.165) is 12.2 Å². The number of carbonyl (C=O) groups is 1. The number of aromatic carboxylic acids is 1. The highest BCUT2D eigenvalue weighted by atomic mass is 32.1. The van der Waals surface area contributed by atoms with Gasteiger partial charge in [-0.15, -0.1) is 0 Å². The molecule has 0 aliphatic rings. The lowest BCUT2D eigenvalue weighted by molar-refractivity contribution is 0.0684. The Morgan fingerprint density at radius 1 is 1.62 bits per heavy atom. The second-order valence-electron chi connectivity index (χ2n) is 3.53. The van der Waals surface area contributed by atoms with Gasteiger partial charge in [0.25, 0.3) is 0 Å². The number of aryl methyl sites for hydroxylation is 2. The fourth-order valence-electron chi connectivity index (χ4n) is 1.60. The molecule has 0 fully saturated rings. The van der Waals surface area contributed by atoms with E-state index in [4.69, 9.17) is 5.11 Å². The van der Waals surface area contributed by atoms with E-state index >= 15 is 0 Å². The minimum absolute atomic E-state index is 0.257. The van der Waals surface area contributed by atoms with Gasteiger partial charge in [-0.25, -0.2) is 9.78 Å². The Morgan fingerprint density at radius 3 is 3.06 bits per heavy atom. The van der Waals surface area contributed by atoms with Gasteiger partial charge in [0, 0.05) is 6.54 Å². The fraction of sp³-hybridized carbons (Fsp3) is 0.273. The number of thiophene rings is 1. The minimum Gasteiger partial charge on any atom is -0.477 e. The number of aromatic nitrogens is 2. The van der Waals surface area contributed by atoms with Gasteiger partial charge in [0.1, 0.15) is 11.5 Å². The first kappa shape index (κ1) is 10.9. The van der Waals surface area contributed by atoms with Crippen LogP contribution >= 0.6 is 11.3 Å². The van der Waals surface area contributed by atoms with Crippen molar-refractivity contribution in [3.8, 4) is 0 Å². The number of rotatable bonds is 4. The normalized spacial score (nSPS) is 10.6. The summed E-state index contributed by atoms with van der Waals surface area (Å²) in [6, 6.07) is 2.05. The van der Waals surface area contributed by atoms with Gasteiger partial charge in [-0.3, -0.25) is 0 Å². The zero-order chi connectivity index (χ0) is 11.5. The summed E-state index contributed by atoms with van der Waals surface area (Å²) in [7, 11) is 0. The predicted octanol–water partition coefficient (Wildman–Crippen LogP) is 2.19. The summed E-state index contributed by atoms with van der Waals surface area (Å²) in [5.41, 5.74) is 1.49. The minimum atomic E-state index is -0.925. The first-order valence-corrected chi connectivity index (χ1v) is 5.89. The highest BCUT2D eigenvalue weighted by Gasteiger charge is 2.12. The summed E-state index contributed by atoms with van der Waals surface area (Å²) in [6.45, 7) is 2.48. The molecule has 84 valence electrons. The van der Waals surface area contributed by atoms with E-state index in [1.807, 2.05) is 12.3 Å². The van der Waals surface area contributed by atoms with Gasteiger partial charge in [-0.1, -0.05) is 0 Å². The van der Waals surface area contributed by atoms with Crippen molar-refractivity contribution in [2.24, 2.45) is 0 Å². The molecule has 4 nitrogen and oxygen atoms in total. The van der Waals surface area contributed by atoms with Crippen LogP contribution in [0.15, 0.2) is 23.0 Å². The average Bonchev–Trinajstić information content (AvgIpc) is 2.84. The third-order valence-corrected chi connectivity index (χ3v) is 3.21. The van der Waals surface area contributed by atoms with Crippen molar-refractivity contribution in [1.29, 1.82) is 0 Å². The van der Waals surface area contributed by atoms with E-state index in [1.165, 1.54) is 11.8 Å². The van der Waals surface area contributed by atoms with Gasteiger partial charge in [0.15, 0.2) is 0 Å². The molecule has 5 heteroatoms. The maximum Gasteiger partial charge on any atom is 0.354 e. The number of carboxylic acids is 1. The quantitative estimate of drug-likeness (QED) is 0.885. The molecule has 1 N–H and O–H groups in total. The molecule has 0 spiro atoms. The maximum absolute atomic E-state index is 10.9. The van der Waals surface area contributed by atoms with Crippen LogP contribution in [0.2, 0.25) is 0 Å². The first-order chi connectivity index (χ1) is 7.68. The molecule has 2 aromatic heterocycles. The van der Waals surface area contributed by atoms with Gasteiger partial charge in [0.2, 0.25) is 0 Å². The number of hydrogen-bond donors (Lipinski definition) is 1. The average molecular weight is 236 g/mol. The third-order valence-electron chi connectivity index (χ3n) is 2.48. The Kier molecular flexibility index (Phi) is 3.05. The van der Waals surface area contributed by atoms with Crippen LogP contribution in [0.5, 0.6) is 0 Å². The summed E-state index contributed by atoms with van der Waals surface area (Å²) < 4.78 is 1.74. The number of nitrogens with zero attached hydrogens (tertiary/aromatic N) is 2. The van der Waals surface area contributed by atoms with E-state index in [-0.39, 0.29) is 5.69 Å². The number of imidazole rings is 1. The molecule has 0 aliphatic heterocycles. The smallest absolute Gasteiger partial charge is 0.354 e. The summed E-state index contributed by atoms with van der Waals surface area (Å²) in [6.07, 6.45) is 2.24. The monoisotopic (exact) mass is 236 g/mol. The van der Waals surface area contributed by atoms with Crippen molar-refractivity contribution in [1.82, 2.24) is 9.55 Å². The largest absolute Gasteiger partial charge is 0.477 e.